The van der Waals surface area contributed by atoms with Crippen molar-refractivity contribution in [3.05, 3.63) is 44.5 Å². The molecule has 1 saturated heterocycles. The molecule has 1 unspecified atom stereocenters. The topological polar surface area (TPSA) is 95.3 Å². The van der Waals surface area contributed by atoms with Crippen molar-refractivity contribution < 1.29 is 9.53 Å². The Bertz CT molecular complexity index is 823. The minimum atomic E-state index is -0.724. The number of likely N-dealkylation sites (tertiary alicyclic amines) is 1. The smallest absolute Gasteiger partial charge is 0.314 e. The van der Waals surface area contributed by atoms with E-state index in [0.29, 0.717) is 42.2 Å². The number of hydrogen-bond acceptors (Lipinski definition) is 4. The van der Waals surface area contributed by atoms with Crippen LogP contribution < -0.4 is 11.1 Å². The third kappa shape index (κ3) is 2.67. The third-order valence-electron chi connectivity index (χ3n) is 3.94. The molecule has 1 aromatic carbocycles. The van der Waals surface area contributed by atoms with Gasteiger partial charge >= 0.3 is 11.1 Å². The van der Waals surface area contributed by atoms with Gasteiger partial charge in [0.15, 0.2) is 0 Å². The van der Waals surface area contributed by atoms with Crippen molar-refractivity contribution in [3.63, 3.8) is 0 Å². The molecule has 2 heterocycles. The summed E-state index contributed by atoms with van der Waals surface area (Å²) >= 11 is 0. The lowest BCUT2D eigenvalue weighted by Crippen LogP contribution is -2.30. The normalized spacial score (nSPS) is 18.0. The van der Waals surface area contributed by atoms with E-state index in [1.165, 1.54) is 0 Å². The van der Waals surface area contributed by atoms with E-state index >= 15 is 0 Å². The summed E-state index contributed by atoms with van der Waals surface area (Å²) in [6.07, 6.45) is 0.928. The molecule has 7 nitrogen and oxygen atoms in total. The molecule has 0 radical (unpaired) electrons. The van der Waals surface area contributed by atoms with Gasteiger partial charge in [-0.05, 0) is 24.6 Å². The Morgan fingerprint density at radius 3 is 2.73 bits per heavy atom. The van der Waals surface area contributed by atoms with Crippen LogP contribution in [0.15, 0.2) is 27.8 Å². The molecule has 0 saturated carbocycles. The zero-order valence-corrected chi connectivity index (χ0v) is 12.2. The standard InChI is InChI=1S/C15H17N3O4/c1-22-8-9-4-5-18(7-9)15(21)10-2-3-11-12(6-10)17-14(20)13(19)16-11/h2-3,6,9H,4-5,7-8H2,1H3,(H,16,19)(H,17,20). The summed E-state index contributed by atoms with van der Waals surface area (Å²) < 4.78 is 5.13. The molecule has 2 aromatic rings. The van der Waals surface area contributed by atoms with Crippen molar-refractivity contribution in [1.29, 1.82) is 0 Å². The van der Waals surface area contributed by atoms with Crippen LogP contribution in [0.2, 0.25) is 0 Å². The summed E-state index contributed by atoms with van der Waals surface area (Å²) in [6.45, 7) is 2.02. The van der Waals surface area contributed by atoms with E-state index in [2.05, 4.69) is 9.97 Å². The second-order valence-corrected chi connectivity index (χ2v) is 5.53. The number of ether oxygens (including phenoxy) is 1. The summed E-state index contributed by atoms with van der Waals surface area (Å²) in [5, 5.41) is 0. The molecule has 1 aliphatic heterocycles. The molecule has 0 aliphatic carbocycles. The predicted octanol–water partition coefficient (Wildman–Crippen LogP) is 0.325. The van der Waals surface area contributed by atoms with Gasteiger partial charge in [0.2, 0.25) is 0 Å². The first kappa shape index (κ1) is 14.5. The zero-order chi connectivity index (χ0) is 15.7. The van der Waals surface area contributed by atoms with Gasteiger partial charge in [0.25, 0.3) is 5.91 Å². The number of fused-ring (bicyclic) bond motifs is 1. The molecular formula is C15H17N3O4. The van der Waals surface area contributed by atoms with Crippen LogP contribution in [-0.2, 0) is 4.74 Å². The summed E-state index contributed by atoms with van der Waals surface area (Å²) in [4.78, 5) is 41.9. The Kier molecular flexibility index (Phi) is 3.81. The van der Waals surface area contributed by atoms with Crippen molar-refractivity contribution in [2.24, 2.45) is 5.92 Å². The highest BCUT2D eigenvalue weighted by atomic mass is 16.5. The van der Waals surface area contributed by atoms with Crippen LogP contribution in [0.5, 0.6) is 0 Å². The van der Waals surface area contributed by atoms with Crippen molar-refractivity contribution in [1.82, 2.24) is 14.9 Å². The lowest BCUT2D eigenvalue weighted by atomic mass is 10.1. The molecule has 116 valence electrons. The Morgan fingerprint density at radius 2 is 2.00 bits per heavy atom. The number of benzene rings is 1. The van der Waals surface area contributed by atoms with Gasteiger partial charge in [-0.25, -0.2) is 0 Å². The number of H-pyrrole nitrogens is 2. The second kappa shape index (κ2) is 5.76. The van der Waals surface area contributed by atoms with Gasteiger partial charge in [0.1, 0.15) is 0 Å². The fourth-order valence-corrected chi connectivity index (χ4v) is 2.82. The Hall–Kier alpha value is -2.41. The van der Waals surface area contributed by atoms with Crippen molar-refractivity contribution >= 4 is 16.9 Å². The van der Waals surface area contributed by atoms with Gasteiger partial charge in [0, 0.05) is 31.7 Å². The van der Waals surface area contributed by atoms with Crippen LogP contribution in [0.1, 0.15) is 16.8 Å². The van der Waals surface area contributed by atoms with Crippen molar-refractivity contribution in [2.45, 2.75) is 6.42 Å². The predicted molar refractivity (Wildman–Crippen MR) is 81.1 cm³/mol. The number of carbonyl (C=O) groups is 1. The van der Waals surface area contributed by atoms with E-state index < -0.39 is 11.1 Å². The summed E-state index contributed by atoms with van der Waals surface area (Å²) in [5.41, 5.74) is 0.0168. The Morgan fingerprint density at radius 1 is 1.27 bits per heavy atom. The lowest BCUT2D eigenvalue weighted by Gasteiger charge is -2.16. The molecule has 0 spiro atoms. The fourth-order valence-electron chi connectivity index (χ4n) is 2.82. The number of aromatic nitrogens is 2. The lowest BCUT2D eigenvalue weighted by molar-refractivity contribution is 0.0775. The molecule has 2 N–H and O–H groups in total. The van der Waals surface area contributed by atoms with Crippen LogP contribution in [0.25, 0.3) is 11.0 Å². The molecule has 1 aliphatic rings. The van der Waals surface area contributed by atoms with E-state index in [1.807, 2.05) is 0 Å². The van der Waals surface area contributed by atoms with Gasteiger partial charge in [0.05, 0.1) is 17.6 Å². The van der Waals surface area contributed by atoms with Crippen LogP contribution in [0, 0.1) is 5.92 Å². The van der Waals surface area contributed by atoms with Crippen molar-refractivity contribution in [2.75, 3.05) is 26.8 Å². The molecule has 1 aromatic heterocycles. The van der Waals surface area contributed by atoms with Crippen LogP contribution >= 0.6 is 0 Å². The fraction of sp³-hybridized carbons (Fsp3) is 0.400. The monoisotopic (exact) mass is 303 g/mol. The van der Waals surface area contributed by atoms with Gasteiger partial charge in [-0.2, -0.15) is 0 Å². The minimum Gasteiger partial charge on any atom is -0.384 e. The summed E-state index contributed by atoms with van der Waals surface area (Å²) in [5.74, 6) is 0.290. The summed E-state index contributed by atoms with van der Waals surface area (Å²) in [6, 6.07) is 4.88. The largest absolute Gasteiger partial charge is 0.384 e. The molecule has 1 fully saturated rings. The first-order valence-corrected chi connectivity index (χ1v) is 7.13. The number of carbonyl (C=O) groups excluding carboxylic acids is 1. The SMILES string of the molecule is COCC1CCN(C(=O)c2ccc3[nH]c(=O)c(=O)[nH]c3c2)C1. The van der Waals surface area contributed by atoms with Gasteiger partial charge in [-0.3, -0.25) is 14.4 Å². The molecule has 7 heteroatoms. The quantitative estimate of drug-likeness (QED) is 0.799. The highest BCUT2D eigenvalue weighted by Crippen LogP contribution is 2.20. The molecule has 22 heavy (non-hydrogen) atoms. The number of rotatable bonds is 3. The van der Waals surface area contributed by atoms with E-state index in [9.17, 15) is 14.4 Å². The Balaban J connectivity index is 1.87. The number of hydrogen-bond donors (Lipinski definition) is 2. The van der Waals surface area contributed by atoms with Crippen LogP contribution in [0.3, 0.4) is 0 Å². The maximum Gasteiger partial charge on any atom is 0.314 e. The third-order valence-corrected chi connectivity index (χ3v) is 3.94. The first-order chi connectivity index (χ1) is 10.6. The van der Waals surface area contributed by atoms with Gasteiger partial charge in [-0.15, -0.1) is 0 Å². The van der Waals surface area contributed by atoms with E-state index in [0.717, 1.165) is 6.42 Å². The molecule has 1 amide bonds. The van der Waals surface area contributed by atoms with Gasteiger partial charge < -0.3 is 19.6 Å². The number of amides is 1. The number of nitrogens with one attached hydrogen (secondary N) is 2. The molecule has 1 atom stereocenters. The first-order valence-electron chi connectivity index (χ1n) is 7.13. The highest BCUT2D eigenvalue weighted by molar-refractivity contribution is 5.97. The van der Waals surface area contributed by atoms with E-state index in [-0.39, 0.29) is 5.91 Å². The highest BCUT2D eigenvalue weighted by Gasteiger charge is 2.26. The summed E-state index contributed by atoms with van der Waals surface area (Å²) in [7, 11) is 1.66. The van der Waals surface area contributed by atoms with E-state index in [1.54, 1.807) is 30.2 Å². The van der Waals surface area contributed by atoms with Crippen LogP contribution in [0.4, 0.5) is 0 Å². The maximum absolute atomic E-state index is 12.5. The van der Waals surface area contributed by atoms with Gasteiger partial charge in [-0.1, -0.05) is 0 Å². The van der Waals surface area contributed by atoms with E-state index in [4.69, 9.17) is 4.74 Å². The van der Waals surface area contributed by atoms with Crippen LogP contribution in [-0.4, -0.2) is 47.6 Å². The second-order valence-electron chi connectivity index (χ2n) is 5.53. The molecule has 3 rings (SSSR count). The number of methoxy groups -OCH3 is 1. The maximum atomic E-state index is 12.5. The van der Waals surface area contributed by atoms with Crippen molar-refractivity contribution in [3.8, 4) is 0 Å². The zero-order valence-electron chi connectivity index (χ0n) is 12.2. The Labute approximate surface area is 125 Å². The average Bonchev–Trinajstić information content (AvgIpc) is 2.96. The number of nitrogens with zero attached hydrogens (tertiary/aromatic N) is 1. The number of aromatic amines is 2. The average molecular weight is 303 g/mol. The minimum absolute atomic E-state index is 0.0763. The molecular weight excluding hydrogens is 286 g/mol. The molecule has 0 bridgehead atoms.